The highest BCUT2D eigenvalue weighted by Gasteiger charge is 2.13. The van der Waals surface area contributed by atoms with Gasteiger partial charge < -0.3 is 5.73 Å². The third kappa shape index (κ3) is 4.34. The van der Waals surface area contributed by atoms with E-state index in [-0.39, 0.29) is 6.04 Å². The first kappa shape index (κ1) is 14.5. The Bertz CT molecular complexity index is 341. The molecule has 0 bridgehead atoms. The molecule has 90 valence electrons. The first-order valence-electron chi connectivity index (χ1n) is 5.75. The molecule has 0 aromatic heterocycles. The highest BCUT2D eigenvalue weighted by molar-refractivity contribution is 14.1. The fraction of sp³-hybridized carbons (Fsp3) is 0.538. The molecule has 0 amide bonds. The van der Waals surface area contributed by atoms with Crippen LogP contribution < -0.4 is 5.73 Å². The van der Waals surface area contributed by atoms with Gasteiger partial charge in [0.2, 0.25) is 0 Å². The molecule has 0 spiro atoms. The maximum absolute atomic E-state index is 6.27. The van der Waals surface area contributed by atoms with Gasteiger partial charge in [0.25, 0.3) is 0 Å². The van der Waals surface area contributed by atoms with Crippen LogP contribution in [0.15, 0.2) is 22.7 Å². The lowest BCUT2D eigenvalue weighted by Gasteiger charge is -2.18. The van der Waals surface area contributed by atoms with Crippen LogP contribution >= 0.6 is 38.5 Å². The summed E-state index contributed by atoms with van der Waals surface area (Å²) in [6.45, 7) is 4.51. The van der Waals surface area contributed by atoms with Crippen molar-refractivity contribution in [3.63, 3.8) is 0 Å². The molecule has 1 aromatic rings. The molecule has 0 aliphatic carbocycles. The van der Waals surface area contributed by atoms with Gasteiger partial charge in [0.05, 0.1) is 0 Å². The summed E-state index contributed by atoms with van der Waals surface area (Å²) in [6, 6.07) is 6.48. The van der Waals surface area contributed by atoms with E-state index < -0.39 is 0 Å². The van der Waals surface area contributed by atoms with Gasteiger partial charge in [-0.1, -0.05) is 42.6 Å². The number of halogens is 2. The summed E-state index contributed by atoms with van der Waals surface area (Å²) >= 11 is 5.86. The van der Waals surface area contributed by atoms with E-state index in [1.54, 1.807) is 0 Å². The first-order valence-corrected chi connectivity index (χ1v) is 7.62. The molecule has 0 saturated heterocycles. The number of benzene rings is 1. The second kappa shape index (κ2) is 6.97. The fourth-order valence-corrected chi connectivity index (χ4v) is 3.08. The van der Waals surface area contributed by atoms with E-state index in [4.69, 9.17) is 5.73 Å². The molecule has 1 nitrogen and oxygen atoms in total. The van der Waals surface area contributed by atoms with Crippen molar-refractivity contribution in [2.45, 2.75) is 39.2 Å². The lowest BCUT2D eigenvalue weighted by Crippen LogP contribution is -2.15. The van der Waals surface area contributed by atoms with Gasteiger partial charge in [-0.15, -0.1) is 0 Å². The number of hydrogen-bond donors (Lipinski definition) is 1. The van der Waals surface area contributed by atoms with E-state index in [1.807, 2.05) is 0 Å². The van der Waals surface area contributed by atoms with Gasteiger partial charge in [0.1, 0.15) is 0 Å². The summed E-state index contributed by atoms with van der Waals surface area (Å²) in [5, 5.41) is 0. The van der Waals surface area contributed by atoms with Crippen LogP contribution in [-0.4, -0.2) is 0 Å². The zero-order valence-corrected chi connectivity index (χ0v) is 13.6. The monoisotopic (exact) mass is 395 g/mol. The highest BCUT2D eigenvalue weighted by Crippen LogP contribution is 2.27. The summed E-state index contributed by atoms with van der Waals surface area (Å²) in [5.41, 5.74) is 7.53. The van der Waals surface area contributed by atoms with Crippen molar-refractivity contribution in [2.24, 2.45) is 11.7 Å². The standard InChI is InChI=1S/C13H19BrIN/c1-3-4-9(2)7-13(16)11-8-10(14)5-6-12(11)15/h5-6,8-9,13H,3-4,7,16H2,1-2H3. The minimum absolute atomic E-state index is 0.158. The maximum Gasteiger partial charge on any atom is 0.0308 e. The van der Waals surface area contributed by atoms with Crippen molar-refractivity contribution in [1.82, 2.24) is 0 Å². The normalized spacial score (nSPS) is 14.8. The third-order valence-electron chi connectivity index (χ3n) is 2.80. The Morgan fingerprint density at radius 3 is 2.75 bits per heavy atom. The molecule has 1 rings (SSSR count). The van der Waals surface area contributed by atoms with E-state index in [0.29, 0.717) is 5.92 Å². The zero-order valence-electron chi connectivity index (χ0n) is 9.84. The maximum atomic E-state index is 6.27. The average molecular weight is 396 g/mol. The van der Waals surface area contributed by atoms with Gasteiger partial charge in [-0.3, -0.25) is 0 Å². The Morgan fingerprint density at radius 2 is 2.12 bits per heavy atom. The third-order valence-corrected chi connectivity index (χ3v) is 4.27. The summed E-state index contributed by atoms with van der Waals surface area (Å²) in [7, 11) is 0. The Balaban J connectivity index is 2.72. The molecule has 0 aliphatic rings. The molecule has 0 radical (unpaired) electrons. The minimum atomic E-state index is 0.158. The van der Waals surface area contributed by atoms with Crippen LogP contribution in [0, 0.1) is 9.49 Å². The van der Waals surface area contributed by atoms with Crippen molar-refractivity contribution < 1.29 is 0 Å². The Kier molecular flexibility index (Phi) is 6.29. The van der Waals surface area contributed by atoms with Crippen molar-refractivity contribution in [1.29, 1.82) is 0 Å². The molecular formula is C13H19BrIN. The van der Waals surface area contributed by atoms with Gasteiger partial charge in [0, 0.05) is 14.1 Å². The van der Waals surface area contributed by atoms with E-state index in [2.05, 4.69) is 70.6 Å². The van der Waals surface area contributed by atoms with Crippen LogP contribution in [0.25, 0.3) is 0 Å². The van der Waals surface area contributed by atoms with E-state index >= 15 is 0 Å². The fourth-order valence-electron chi connectivity index (χ4n) is 1.97. The Hall–Kier alpha value is 0.390. The highest BCUT2D eigenvalue weighted by atomic mass is 127. The van der Waals surface area contributed by atoms with Crippen LogP contribution in [0.3, 0.4) is 0 Å². The Morgan fingerprint density at radius 1 is 1.44 bits per heavy atom. The van der Waals surface area contributed by atoms with Gasteiger partial charge in [-0.05, 0) is 58.7 Å². The number of hydrogen-bond acceptors (Lipinski definition) is 1. The molecular weight excluding hydrogens is 377 g/mol. The molecule has 16 heavy (non-hydrogen) atoms. The first-order chi connectivity index (χ1) is 7.54. The smallest absolute Gasteiger partial charge is 0.0308 e. The largest absolute Gasteiger partial charge is 0.324 e. The van der Waals surface area contributed by atoms with Gasteiger partial charge in [0.15, 0.2) is 0 Å². The molecule has 0 saturated carbocycles. The molecule has 2 atom stereocenters. The lowest BCUT2D eigenvalue weighted by atomic mass is 9.94. The summed E-state index contributed by atoms with van der Waals surface area (Å²) in [4.78, 5) is 0. The van der Waals surface area contributed by atoms with Crippen molar-refractivity contribution in [3.05, 3.63) is 31.8 Å². The molecule has 0 aliphatic heterocycles. The molecule has 3 heteroatoms. The molecule has 0 fully saturated rings. The summed E-state index contributed by atoms with van der Waals surface area (Å²) in [5.74, 6) is 0.704. The topological polar surface area (TPSA) is 26.0 Å². The quantitative estimate of drug-likeness (QED) is 0.706. The second-order valence-corrected chi connectivity index (χ2v) is 6.48. The van der Waals surface area contributed by atoms with Crippen molar-refractivity contribution in [2.75, 3.05) is 0 Å². The minimum Gasteiger partial charge on any atom is -0.324 e. The molecule has 2 unspecified atom stereocenters. The van der Waals surface area contributed by atoms with Gasteiger partial charge in [-0.2, -0.15) is 0 Å². The van der Waals surface area contributed by atoms with Crippen molar-refractivity contribution >= 4 is 38.5 Å². The van der Waals surface area contributed by atoms with E-state index in [0.717, 1.165) is 10.9 Å². The number of nitrogens with two attached hydrogens (primary N) is 1. The summed E-state index contributed by atoms with van der Waals surface area (Å²) < 4.78 is 2.37. The van der Waals surface area contributed by atoms with E-state index in [1.165, 1.54) is 22.0 Å². The van der Waals surface area contributed by atoms with Gasteiger partial charge >= 0.3 is 0 Å². The van der Waals surface area contributed by atoms with E-state index in [9.17, 15) is 0 Å². The molecule has 1 aromatic carbocycles. The average Bonchev–Trinajstić information content (AvgIpc) is 2.21. The zero-order chi connectivity index (χ0) is 12.1. The van der Waals surface area contributed by atoms with Crippen molar-refractivity contribution in [3.8, 4) is 0 Å². The second-order valence-electron chi connectivity index (χ2n) is 4.40. The predicted octanol–water partition coefficient (Wildman–Crippen LogP) is 4.88. The SMILES string of the molecule is CCCC(C)CC(N)c1cc(Br)ccc1I. The lowest BCUT2D eigenvalue weighted by molar-refractivity contribution is 0.439. The molecule has 0 heterocycles. The van der Waals surface area contributed by atoms with Gasteiger partial charge in [-0.25, -0.2) is 0 Å². The summed E-state index contributed by atoms with van der Waals surface area (Å²) in [6.07, 6.45) is 3.57. The Labute approximate surface area is 120 Å². The van der Waals surface area contributed by atoms with Crippen LogP contribution in [-0.2, 0) is 0 Å². The molecule has 2 N–H and O–H groups in total. The van der Waals surface area contributed by atoms with Crippen LogP contribution in [0.1, 0.15) is 44.7 Å². The van der Waals surface area contributed by atoms with Crippen LogP contribution in [0.5, 0.6) is 0 Å². The van der Waals surface area contributed by atoms with Crippen LogP contribution in [0.4, 0.5) is 0 Å². The van der Waals surface area contributed by atoms with Crippen LogP contribution in [0.2, 0.25) is 0 Å². The predicted molar refractivity (Wildman–Crippen MR) is 82.5 cm³/mol. The number of rotatable bonds is 5.